The van der Waals surface area contributed by atoms with Crippen LogP contribution in [0.5, 0.6) is 0 Å². The molecule has 4 heteroatoms. The van der Waals surface area contributed by atoms with Crippen molar-refractivity contribution in [3.63, 3.8) is 0 Å². The topological polar surface area (TPSA) is 30.1 Å². The van der Waals surface area contributed by atoms with Gasteiger partial charge in [-0.1, -0.05) is 68.4 Å². The lowest BCUT2D eigenvalue weighted by molar-refractivity contribution is 0.596. The van der Waals surface area contributed by atoms with E-state index in [4.69, 9.17) is 0 Å². The fraction of sp³-hybridized carbons (Fsp3) is 0.103. The van der Waals surface area contributed by atoms with Crippen molar-refractivity contribution in [1.82, 2.24) is 9.13 Å². The summed E-state index contributed by atoms with van der Waals surface area (Å²) in [7, 11) is 0. The predicted molar refractivity (Wildman–Crippen MR) is 138 cm³/mol. The van der Waals surface area contributed by atoms with Crippen LogP contribution < -0.4 is 0 Å². The van der Waals surface area contributed by atoms with Gasteiger partial charge in [0.2, 0.25) is 0 Å². The fourth-order valence-electron chi connectivity index (χ4n) is 5.84. The molecule has 0 saturated heterocycles. The van der Waals surface area contributed by atoms with Crippen LogP contribution in [0.15, 0.2) is 95.9 Å². The molecule has 4 aromatic carbocycles. The predicted octanol–water partition coefficient (Wildman–Crippen LogP) is 7.93. The van der Waals surface area contributed by atoms with Gasteiger partial charge in [-0.25, -0.2) is 0 Å². The molecule has 0 aliphatic carbocycles. The van der Waals surface area contributed by atoms with E-state index in [9.17, 15) is 4.55 Å². The summed E-state index contributed by atoms with van der Waals surface area (Å²) < 4.78 is 14.6. The highest BCUT2D eigenvalue weighted by Crippen LogP contribution is 2.51. The first kappa shape index (κ1) is 19.0. The van der Waals surface area contributed by atoms with Gasteiger partial charge in [-0.05, 0) is 42.0 Å². The Labute approximate surface area is 196 Å². The molecule has 3 nitrogen and oxygen atoms in total. The second-order valence-corrected chi connectivity index (χ2v) is 9.97. The highest BCUT2D eigenvalue weighted by atomic mass is 32.2. The van der Waals surface area contributed by atoms with E-state index in [1.807, 2.05) is 6.07 Å². The molecule has 3 heterocycles. The average molecular weight is 447 g/mol. The molecule has 0 radical (unpaired) electrons. The van der Waals surface area contributed by atoms with Crippen molar-refractivity contribution >= 4 is 44.8 Å². The van der Waals surface area contributed by atoms with Crippen molar-refractivity contribution in [2.45, 2.75) is 24.2 Å². The van der Waals surface area contributed by atoms with Gasteiger partial charge >= 0.3 is 0 Å². The zero-order chi connectivity index (χ0) is 22.3. The summed E-state index contributed by atoms with van der Waals surface area (Å²) in [6.45, 7) is 4.68. The van der Waals surface area contributed by atoms with E-state index >= 15 is 0 Å². The Balaban J connectivity index is 1.76. The molecule has 0 fully saturated rings. The molecule has 7 rings (SSSR count). The van der Waals surface area contributed by atoms with Crippen LogP contribution in [0, 0.1) is 0 Å². The van der Waals surface area contributed by atoms with Crippen molar-refractivity contribution in [3.8, 4) is 11.4 Å². The number of aromatic nitrogens is 2. The third kappa shape index (κ3) is 2.35. The van der Waals surface area contributed by atoms with E-state index in [0.29, 0.717) is 0 Å². The largest absolute Gasteiger partial charge is 0.325 e. The highest BCUT2D eigenvalue weighted by Gasteiger charge is 2.40. The SMILES string of the molecule is CC1(C)c2cccc3c4cc(SO)ccc4n(c23)-c2c1n(-c1ccccc1)c1ccccc21. The van der Waals surface area contributed by atoms with Gasteiger partial charge in [-0.2, -0.15) is 0 Å². The molecule has 0 unspecified atom stereocenters. The molecule has 33 heavy (non-hydrogen) atoms. The first-order valence-electron chi connectivity index (χ1n) is 11.2. The molecule has 2 aromatic heterocycles. The minimum Gasteiger partial charge on any atom is -0.325 e. The maximum atomic E-state index is 9.72. The third-order valence-electron chi connectivity index (χ3n) is 7.22. The van der Waals surface area contributed by atoms with Crippen LogP contribution >= 0.6 is 12.0 Å². The van der Waals surface area contributed by atoms with Gasteiger partial charge in [0.15, 0.2) is 0 Å². The van der Waals surface area contributed by atoms with Crippen LogP contribution in [0.1, 0.15) is 25.1 Å². The van der Waals surface area contributed by atoms with Crippen LogP contribution in [-0.4, -0.2) is 13.7 Å². The van der Waals surface area contributed by atoms with Crippen molar-refractivity contribution < 1.29 is 4.55 Å². The second kappa shape index (κ2) is 6.53. The minimum absolute atomic E-state index is 0.206. The minimum atomic E-state index is -0.206. The lowest BCUT2D eigenvalue weighted by Crippen LogP contribution is -2.28. The van der Waals surface area contributed by atoms with Crippen molar-refractivity contribution in [1.29, 1.82) is 0 Å². The summed E-state index contributed by atoms with van der Waals surface area (Å²) in [5.41, 5.74) is 8.49. The molecule has 1 aliphatic heterocycles. The number of hydrogen-bond donors (Lipinski definition) is 1. The lowest BCUT2D eigenvalue weighted by Gasteiger charge is -2.34. The van der Waals surface area contributed by atoms with Gasteiger partial charge in [0.25, 0.3) is 0 Å². The number of nitrogens with zero attached hydrogens (tertiary/aromatic N) is 2. The summed E-state index contributed by atoms with van der Waals surface area (Å²) in [6, 6.07) is 32.3. The van der Waals surface area contributed by atoms with E-state index < -0.39 is 0 Å². The molecular weight excluding hydrogens is 424 g/mol. The number of hydrogen-bond acceptors (Lipinski definition) is 2. The van der Waals surface area contributed by atoms with E-state index in [1.54, 1.807) is 0 Å². The van der Waals surface area contributed by atoms with Crippen molar-refractivity contribution in [2.24, 2.45) is 0 Å². The van der Waals surface area contributed by atoms with Gasteiger partial charge in [-0.15, -0.1) is 0 Å². The molecule has 160 valence electrons. The Bertz CT molecular complexity index is 1720. The Morgan fingerprint density at radius 2 is 1.42 bits per heavy atom. The number of para-hydroxylation sites is 3. The third-order valence-corrected chi connectivity index (χ3v) is 7.68. The summed E-state index contributed by atoms with van der Waals surface area (Å²) in [5, 5.41) is 3.65. The number of rotatable bonds is 2. The fourth-order valence-corrected chi connectivity index (χ4v) is 6.14. The van der Waals surface area contributed by atoms with Gasteiger partial charge < -0.3 is 13.7 Å². The summed E-state index contributed by atoms with van der Waals surface area (Å²) in [4.78, 5) is 0.859. The molecule has 0 bridgehead atoms. The Morgan fingerprint density at radius 1 is 0.697 bits per heavy atom. The second-order valence-electron chi connectivity index (χ2n) is 9.32. The van der Waals surface area contributed by atoms with Gasteiger partial charge in [-0.3, -0.25) is 0 Å². The van der Waals surface area contributed by atoms with Crippen molar-refractivity contribution in [2.75, 3.05) is 0 Å². The Hall–Kier alpha value is -3.47. The van der Waals surface area contributed by atoms with Crippen LogP contribution in [0.4, 0.5) is 0 Å². The molecule has 0 saturated carbocycles. The quantitative estimate of drug-likeness (QED) is 0.274. The monoisotopic (exact) mass is 446 g/mol. The van der Waals surface area contributed by atoms with Gasteiger partial charge in [0, 0.05) is 44.2 Å². The smallest absolute Gasteiger partial charge is 0.0763 e. The molecule has 0 atom stereocenters. The molecular formula is C29H22N2OS. The first-order valence-corrected chi connectivity index (χ1v) is 12.0. The van der Waals surface area contributed by atoms with E-state index in [-0.39, 0.29) is 5.41 Å². The zero-order valence-corrected chi connectivity index (χ0v) is 19.2. The molecule has 6 aromatic rings. The maximum absolute atomic E-state index is 9.72. The van der Waals surface area contributed by atoms with Crippen LogP contribution in [0.25, 0.3) is 44.1 Å². The molecule has 0 spiro atoms. The lowest BCUT2D eigenvalue weighted by atomic mass is 9.77. The van der Waals surface area contributed by atoms with Gasteiger partial charge in [0.05, 0.1) is 27.9 Å². The maximum Gasteiger partial charge on any atom is 0.0763 e. The van der Waals surface area contributed by atoms with Crippen LogP contribution in [0.2, 0.25) is 0 Å². The normalized spacial score (nSPS) is 14.3. The molecule has 0 amide bonds. The summed E-state index contributed by atoms with van der Waals surface area (Å²) >= 11 is 0.805. The van der Waals surface area contributed by atoms with Crippen molar-refractivity contribution in [3.05, 3.63) is 102 Å². The average Bonchev–Trinajstić information content (AvgIpc) is 3.37. The molecule has 1 aliphatic rings. The summed E-state index contributed by atoms with van der Waals surface area (Å²) in [5.74, 6) is 0. The Kier molecular flexibility index (Phi) is 3.77. The van der Waals surface area contributed by atoms with E-state index in [0.717, 1.165) is 16.9 Å². The summed E-state index contributed by atoms with van der Waals surface area (Å²) in [6.07, 6.45) is 0. The van der Waals surface area contributed by atoms with Crippen LogP contribution in [-0.2, 0) is 5.41 Å². The van der Waals surface area contributed by atoms with E-state index in [2.05, 4.69) is 108 Å². The molecule has 1 N–H and O–H groups in total. The zero-order valence-electron chi connectivity index (χ0n) is 18.4. The highest BCUT2D eigenvalue weighted by molar-refractivity contribution is 7.93. The number of fused-ring (bicyclic) bond motifs is 7. The number of benzene rings is 4. The van der Waals surface area contributed by atoms with E-state index in [1.165, 1.54) is 55.3 Å². The van der Waals surface area contributed by atoms with Gasteiger partial charge in [0.1, 0.15) is 0 Å². The standard InChI is InChI=1S/C29H22N2OS/c1-29(2)23-13-8-12-20-22-17-19(33-32)15-16-25(22)31(26(20)23)27-21-11-6-7-14-24(21)30(28(27)29)18-9-4-3-5-10-18/h3-17,32H,1-2H3. The first-order chi connectivity index (χ1) is 16.1. The Morgan fingerprint density at radius 3 is 2.24 bits per heavy atom. The van der Waals surface area contributed by atoms with Crippen LogP contribution in [0.3, 0.4) is 0 Å².